The summed E-state index contributed by atoms with van der Waals surface area (Å²) in [7, 11) is 0. The Kier molecular flexibility index (Phi) is 3.33. The monoisotopic (exact) mass is 251 g/mol. The lowest BCUT2D eigenvalue weighted by Crippen LogP contribution is -2.09. The number of aliphatic hydroxyl groups is 1. The van der Waals surface area contributed by atoms with E-state index in [0.29, 0.717) is 5.56 Å². The fourth-order valence-corrected chi connectivity index (χ4v) is 1.45. The maximum absolute atomic E-state index is 12.7. The largest absolute Gasteiger partial charge is 0.476 e. The molecule has 0 bridgehead atoms. The molecule has 1 atom stereocenters. The van der Waals surface area contributed by atoms with E-state index in [1.165, 1.54) is 35.1 Å². The summed E-state index contributed by atoms with van der Waals surface area (Å²) in [5.41, 5.74) is 0.324. The summed E-state index contributed by atoms with van der Waals surface area (Å²) < 4.78 is 13.9. The van der Waals surface area contributed by atoms with Gasteiger partial charge in [0.1, 0.15) is 5.82 Å². The first-order valence-corrected chi connectivity index (χ1v) is 5.13. The van der Waals surface area contributed by atoms with Crippen molar-refractivity contribution in [1.29, 1.82) is 0 Å². The van der Waals surface area contributed by atoms with E-state index in [9.17, 15) is 14.3 Å². The molecule has 2 N–H and O–H groups in total. The molecule has 1 heterocycles. The maximum atomic E-state index is 12.7. The van der Waals surface area contributed by atoms with Crippen LogP contribution in [-0.4, -0.2) is 31.2 Å². The van der Waals surface area contributed by atoms with Gasteiger partial charge in [0.25, 0.3) is 0 Å². The van der Waals surface area contributed by atoms with E-state index in [1.54, 1.807) is 0 Å². The number of hydrogen-bond donors (Lipinski definition) is 2. The van der Waals surface area contributed by atoms with E-state index in [-0.39, 0.29) is 18.1 Å². The highest BCUT2D eigenvalue weighted by Gasteiger charge is 2.12. The Labute approximate surface area is 101 Å². The number of aromatic nitrogens is 3. The fraction of sp³-hybridized carbons (Fsp3) is 0.182. The van der Waals surface area contributed by atoms with E-state index in [1.807, 2.05) is 0 Å². The number of nitrogens with zero attached hydrogens (tertiary/aromatic N) is 3. The lowest BCUT2D eigenvalue weighted by atomic mass is 10.1. The molecule has 0 aliphatic heterocycles. The van der Waals surface area contributed by atoms with Gasteiger partial charge in [-0.25, -0.2) is 13.9 Å². The lowest BCUT2D eigenvalue weighted by molar-refractivity contribution is 0.0690. The third-order valence-electron chi connectivity index (χ3n) is 2.37. The summed E-state index contributed by atoms with van der Waals surface area (Å²) in [6.45, 7) is 0.0475. The number of carboxylic acid groups (broad SMARTS) is 1. The molecule has 7 heteroatoms. The molecule has 0 amide bonds. The van der Waals surface area contributed by atoms with E-state index in [0.717, 1.165) is 0 Å². The molecular formula is C11H10FN3O3. The zero-order valence-corrected chi connectivity index (χ0v) is 9.19. The number of carboxylic acids is 1. The Morgan fingerprint density at radius 2 is 2.06 bits per heavy atom. The van der Waals surface area contributed by atoms with Gasteiger partial charge in [-0.1, -0.05) is 17.3 Å². The van der Waals surface area contributed by atoms with Crippen LogP contribution < -0.4 is 0 Å². The first-order chi connectivity index (χ1) is 8.56. The molecule has 1 aromatic heterocycles. The van der Waals surface area contributed by atoms with Crippen molar-refractivity contribution < 1.29 is 19.4 Å². The zero-order chi connectivity index (χ0) is 13.1. The Balaban J connectivity index is 2.08. The van der Waals surface area contributed by atoms with Crippen LogP contribution in [0.1, 0.15) is 22.2 Å². The number of aliphatic hydroxyl groups excluding tert-OH is 1. The predicted octanol–water partition coefficient (Wildman–Crippen LogP) is 0.849. The molecule has 18 heavy (non-hydrogen) atoms. The average molecular weight is 251 g/mol. The third kappa shape index (κ3) is 2.69. The van der Waals surface area contributed by atoms with Crippen molar-refractivity contribution in [3.05, 3.63) is 47.5 Å². The molecule has 0 saturated carbocycles. The minimum Gasteiger partial charge on any atom is -0.476 e. The molecule has 0 aliphatic carbocycles. The van der Waals surface area contributed by atoms with Crippen LogP contribution in [0.4, 0.5) is 4.39 Å². The standard InChI is InChI=1S/C11H10FN3O3/c12-8-3-1-7(2-4-8)10(16)6-15-5-9(11(17)18)13-14-15/h1-5,10,16H,6H2,(H,17,18)/t10-/m1/s1. The van der Waals surface area contributed by atoms with Gasteiger partial charge in [-0.15, -0.1) is 5.10 Å². The first-order valence-electron chi connectivity index (χ1n) is 5.13. The van der Waals surface area contributed by atoms with Crippen molar-refractivity contribution in [1.82, 2.24) is 15.0 Å². The van der Waals surface area contributed by atoms with Crippen LogP contribution >= 0.6 is 0 Å². The maximum Gasteiger partial charge on any atom is 0.358 e. The fourth-order valence-electron chi connectivity index (χ4n) is 1.45. The normalized spacial score (nSPS) is 12.3. The summed E-state index contributed by atoms with van der Waals surface area (Å²) in [5.74, 6) is -1.57. The van der Waals surface area contributed by atoms with Crippen LogP contribution in [0, 0.1) is 5.82 Å². The van der Waals surface area contributed by atoms with E-state index < -0.39 is 12.1 Å². The first kappa shape index (κ1) is 12.2. The Morgan fingerprint density at radius 3 is 2.61 bits per heavy atom. The van der Waals surface area contributed by atoms with E-state index in [2.05, 4.69) is 10.3 Å². The summed E-state index contributed by atoms with van der Waals surface area (Å²) in [6, 6.07) is 5.38. The van der Waals surface area contributed by atoms with Crippen LogP contribution in [0.5, 0.6) is 0 Å². The van der Waals surface area contributed by atoms with Gasteiger partial charge in [0.2, 0.25) is 0 Å². The SMILES string of the molecule is O=C(O)c1cn(C[C@@H](O)c2ccc(F)cc2)nn1. The highest BCUT2D eigenvalue weighted by atomic mass is 19.1. The number of hydrogen-bond acceptors (Lipinski definition) is 4. The average Bonchev–Trinajstić information content (AvgIpc) is 2.78. The number of benzene rings is 1. The zero-order valence-electron chi connectivity index (χ0n) is 9.19. The number of aromatic carboxylic acids is 1. The summed E-state index contributed by atoms with van der Waals surface area (Å²) in [4.78, 5) is 10.6. The molecule has 0 saturated heterocycles. The molecule has 0 aliphatic rings. The second-order valence-corrected chi connectivity index (χ2v) is 3.70. The van der Waals surface area contributed by atoms with Crippen molar-refractivity contribution >= 4 is 5.97 Å². The van der Waals surface area contributed by atoms with Gasteiger partial charge in [0.05, 0.1) is 18.8 Å². The minimum atomic E-state index is -1.18. The van der Waals surface area contributed by atoms with Gasteiger partial charge in [-0.05, 0) is 17.7 Å². The van der Waals surface area contributed by atoms with Crippen molar-refractivity contribution in [2.45, 2.75) is 12.6 Å². The lowest BCUT2D eigenvalue weighted by Gasteiger charge is -2.10. The Morgan fingerprint density at radius 1 is 1.39 bits per heavy atom. The second-order valence-electron chi connectivity index (χ2n) is 3.70. The van der Waals surface area contributed by atoms with Crippen molar-refractivity contribution in [2.75, 3.05) is 0 Å². The van der Waals surface area contributed by atoms with Gasteiger partial charge >= 0.3 is 5.97 Å². The Hall–Kier alpha value is -2.28. The van der Waals surface area contributed by atoms with Crippen LogP contribution in [0.2, 0.25) is 0 Å². The molecule has 6 nitrogen and oxygen atoms in total. The topological polar surface area (TPSA) is 88.2 Å². The molecule has 0 spiro atoms. The number of halogens is 1. The second kappa shape index (κ2) is 4.92. The molecule has 2 aromatic rings. The highest BCUT2D eigenvalue weighted by Crippen LogP contribution is 2.15. The number of carbonyl (C=O) groups is 1. The van der Waals surface area contributed by atoms with Crippen LogP contribution in [0.3, 0.4) is 0 Å². The third-order valence-corrected chi connectivity index (χ3v) is 2.37. The summed E-state index contributed by atoms with van der Waals surface area (Å²) in [6.07, 6.45) is 0.309. The van der Waals surface area contributed by atoms with Crippen LogP contribution in [0.15, 0.2) is 30.5 Å². The summed E-state index contributed by atoms with van der Waals surface area (Å²) >= 11 is 0. The molecule has 0 unspecified atom stereocenters. The molecule has 0 radical (unpaired) electrons. The predicted molar refractivity (Wildman–Crippen MR) is 58.3 cm³/mol. The van der Waals surface area contributed by atoms with Gasteiger partial charge in [0.15, 0.2) is 5.69 Å². The van der Waals surface area contributed by atoms with Gasteiger partial charge in [0, 0.05) is 0 Å². The molecule has 94 valence electrons. The van der Waals surface area contributed by atoms with E-state index >= 15 is 0 Å². The van der Waals surface area contributed by atoms with Crippen LogP contribution in [0.25, 0.3) is 0 Å². The molecular weight excluding hydrogens is 241 g/mol. The number of rotatable bonds is 4. The van der Waals surface area contributed by atoms with Crippen molar-refractivity contribution in [2.24, 2.45) is 0 Å². The van der Waals surface area contributed by atoms with Crippen LogP contribution in [-0.2, 0) is 6.54 Å². The van der Waals surface area contributed by atoms with Gasteiger partial charge in [-0.2, -0.15) is 0 Å². The van der Waals surface area contributed by atoms with Gasteiger partial charge in [-0.3, -0.25) is 0 Å². The molecule has 1 aromatic carbocycles. The van der Waals surface area contributed by atoms with Gasteiger partial charge < -0.3 is 10.2 Å². The molecule has 2 rings (SSSR count). The Bertz CT molecular complexity index is 553. The highest BCUT2D eigenvalue weighted by molar-refractivity contribution is 5.84. The summed E-state index contributed by atoms with van der Waals surface area (Å²) in [5, 5.41) is 25.5. The van der Waals surface area contributed by atoms with E-state index in [4.69, 9.17) is 5.11 Å². The minimum absolute atomic E-state index is 0.0475. The molecule has 0 fully saturated rings. The van der Waals surface area contributed by atoms with Crippen molar-refractivity contribution in [3.8, 4) is 0 Å². The quantitative estimate of drug-likeness (QED) is 0.841. The van der Waals surface area contributed by atoms with Crippen molar-refractivity contribution in [3.63, 3.8) is 0 Å². The smallest absolute Gasteiger partial charge is 0.358 e.